The topological polar surface area (TPSA) is 88.4 Å². The van der Waals surface area contributed by atoms with E-state index in [9.17, 15) is 9.59 Å². The SMILES string of the molecule is CCCC1=C(C(=O)OCC)[C@H](c2cc(Br)ccc2OC)n2c(s/c(=C/c3cc(OC)c(OCc4ccccc4)cc3Br)c2=O)=N1. The molecule has 0 N–H and O–H groups in total. The number of carbonyl (C=O) groups is 1. The van der Waals surface area contributed by atoms with Gasteiger partial charge in [0.05, 0.1) is 36.6 Å². The van der Waals surface area contributed by atoms with Crippen molar-refractivity contribution in [1.82, 2.24) is 4.57 Å². The molecule has 11 heteroatoms. The van der Waals surface area contributed by atoms with Gasteiger partial charge in [-0.25, -0.2) is 9.79 Å². The van der Waals surface area contributed by atoms with E-state index in [-0.39, 0.29) is 12.2 Å². The van der Waals surface area contributed by atoms with Crippen molar-refractivity contribution in [3.63, 3.8) is 0 Å². The zero-order valence-electron chi connectivity index (χ0n) is 25.3. The minimum atomic E-state index is -0.803. The second kappa shape index (κ2) is 14.6. The predicted octanol–water partition coefficient (Wildman–Crippen LogP) is 6.70. The lowest BCUT2D eigenvalue weighted by molar-refractivity contribution is -0.139. The molecule has 0 saturated carbocycles. The van der Waals surface area contributed by atoms with Crippen LogP contribution in [0.5, 0.6) is 17.2 Å². The molecule has 3 aromatic carbocycles. The van der Waals surface area contributed by atoms with Gasteiger partial charge in [0.1, 0.15) is 18.4 Å². The van der Waals surface area contributed by atoms with Gasteiger partial charge in [-0.3, -0.25) is 9.36 Å². The molecule has 1 aromatic heterocycles. The fourth-order valence-corrected chi connectivity index (χ4v) is 6.97. The van der Waals surface area contributed by atoms with Crippen molar-refractivity contribution in [3.05, 3.63) is 117 Å². The van der Waals surface area contributed by atoms with Crippen LogP contribution in [0.3, 0.4) is 0 Å². The van der Waals surface area contributed by atoms with Crippen LogP contribution in [0.15, 0.2) is 90.7 Å². The predicted molar refractivity (Wildman–Crippen MR) is 182 cm³/mol. The molecule has 4 aromatic rings. The van der Waals surface area contributed by atoms with Gasteiger partial charge in [0, 0.05) is 14.5 Å². The van der Waals surface area contributed by atoms with E-state index in [0.29, 0.717) is 56.4 Å². The largest absolute Gasteiger partial charge is 0.496 e. The van der Waals surface area contributed by atoms with Crippen LogP contribution in [0.1, 0.15) is 49.4 Å². The molecule has 0 spiro atoms. The molecule has 0 saturated heterocycles. The molecule has 0 aliphatic carbocycles. The molecule has 0 fully saturated rings. The number of fused-ring (bicyclic) bond motifs is 1. The summed E-state index contributed by atoms with van der Waals surface area (Å²) in [6.45, 7) is 4.35. The Balaban J connectivity index is 1.66. The van der Waals surface area contributed by atoms with Gasteiger partial charge in [-0.15, -0.1) is 0 Å². The third-order valence-corrected chi connectivity index (χ3v) is 9.35. The highest BCUT2D eigenvalue weighted by molar-refractivity contribution is 9.10. The van der Waals surface area contributed by atoms with Gasteiger partial charge in [0.2, 0.25) is 0 Å². The average Bonchev–Trinajstić information content (AvgIpc) is 3.35. The standard InChI is InChI=1S/C34H32Br2N2O6S/c1-5-10-25-30(33(40)43-6-2)31(23-17-22(35)13-14-26(23)41-3)38-32(39)29(45-34(38)37-25)16-21-15-27(42-4)28(18-24(21)36)44-19-20-11-8-7-9-12-20/h7-9,11-18,31H,5-6,10,19H2,1-4H3/b29-16+/t31-/m0/s1. The first-order valence-electron chi connectivity index (χ1n) is 14.4. The number of benzene rings is 3. The number of rotatable bonds is 11. The highest BCUT2D eigenvalue weighted by atomic mass is 79.9. The van der Waals surface area contributed by atoms with Gasteiger partial charge in [-0.05, 0) is 60.9 Å². The summed E-state index contributed by atoms with van der Waals surface area (Å²) in [7, 11) is 3.14. The Bertz CT molecular complexity index is 1930. The summed E-state index contributed by atoms with van der Waals surface area (Å²) in [6.07, 6.45) is 3.09. The molecule has 45 heavy (non-hydrogen) atoms. The minimum absolute atomic E-state index is 0.190. The van der Waals surface area contributed by atoms with E-state index < -0.39 is 12.0 Å². The number of hydrogen-bond donors (Lipinski definition) is 0. The molecular weight excluding hydrogens is 724 g/mol. The maximum Gasteiger partial charge on any atom is 0.338 e. The number of ether oxygens (including phenoxy) is 4. The maximum absolute atomic E-state index is 14.3. The van der Waals surface area contributed by atoms with E-state index in [1.165, 1.54) is 11.3 Å². The van der Waals surface area contributed by atoms with Crippen molar-refractivity contribution >= 4 is 55.2 Å². The number of esters is 1. The number of halogens is 2. The van der Waals surface area contributed by atoms with E-state index >= 15 is 0 Å². The fourth-order valence-electron chi connectivity index (χ4n) is 5.14. The zero-order valence-corrected chi connectivity index (χ0v) is 29.3. The average molecular weight is 757 g/mol. The number of methoxy groups -OCH3 is 2. The van der Waals surface area contributed by atoms with Gasteiger partial charge in [-0.1, -0.05) is 86.9 Å². The molecule has 0 amide bonds. The smallest absolute Gasteiger partial charge is 0.338 e. The third-order valence-electron chi connectivity index (χ3n) is 7.19. The first-order valence-corrected chi connectivity index (χ1v) is 16.8. The molecule has 0 unspecified atom stereocenters. The third kappa shape index (κ3) is 6.95. The molecule has 0 bridgehead atoms. The molecule has 2 heterocycles. The quantitative estimate of drug-likeness (QED) is 0.159. The summed E-state index contributed by atoms with van der Waals surface area (Å²) < 4.78 is 26.4. The fraction of sp³-hybridized carbons (Fsp3) is 0.265. The van der Waals surface area contributed by atoms with Crippen molar-refractivity contribution < 1.29 is 23.7 Å². The van der Waals surface area contributed by atoms with Crippen LogP contribution in [-0.4, -0.2) is 31.4 Å². The van der Waals surface area contributed by atoms with Crippen LogP contribution in [0.4, 0.5) is 0 Å². The van der Waals surface area contributed by atoms with Crippen molar-refractivity contribution in [2.45, 2.75) is 39.3 Å². The van der Waals surface area contributed by atoms with E-state index in [4.69, 9.17) is 23.9 Å². The second-order valence-electron chi connectivity index (χ2n) is 10.1. The van der Waals surface area contributed by atoms with Gasteiger partial charge in [-0.2, -0.15) is 0 Å². The normalized spacial score (nSPS) is 14.5. The Hall–Kier alpha value is -3.67. The molecular formula is C34H32Br2N2O6S. The van der Waals surface area contributed by atoms with Crippen molar-refractivity contribution in [1.29, 1.82) is 0 Å². The summed E-state index contributed by atoms with van der Waals surface area (Å²) in [4.78, 5) is 33.1. The summed E-state index contributed by atoms with van der Waals surface area (Å²) in [5.41, 5.74) is 3.03. The number of nitrogens with zero attached hydrogens (tertiary/aromatic N) is 2. The minimum Gasteiger partial charge on any atom is -0.496 e. The highest BCUT2D eigenvalue weighted by Gasteiger charge is 2.36. The number of thiazole rings is 1. The van der Waals surface area contributed by atoms with Gasteiger partial charge in [0.15, 0.2) is 16.3 Å². The van der Waals surface area contributed by atoms with Gasteiger partial charge in [0.25, 0.3) is 5.56 Å². The Kier molecular flexibility index (Phi) is 10.6. The Morgan fingerprint density at radius 1 is 1.00 bits per heavy atom. The van der Waals surface area contributed by atoms with Crippen molar-refractivity contribution in [3.8, 4) is 17.2 Å². The summed E-state index contributed by atoms with van der Waals surface area (Å²) in [5, 5.41) is 0. The first-order chi connectivity index (χ1) is 21.8. The summed E-state index contributed by atoms with van der Waals surface area (Å²) in [6, 6.07) is 18.2. The molecule has 8 nitrogen and oxygen atoms in total. The number of aromatic nitrogens is 1. The zero-order chi connectivity index (χ0) is 32.1. The molecule has 1 aliphatic heterocycles. The summed E-state index contributed by atoms with van der Waals surface area (Å²) in [5.74, 6) is 1.12. The van der Waals surface area contributed by atoms with E-state index in [2.05, 4.69) is 31.9 Å². The Labute approximate surface area is 281 Å². The second-order valence-corrected chi connectivity index (χ2v) is 12.9. The van der Waals surface area contributed by atoms with Crippen molar-refractivity contribution in [2.24, 2.45) is 4.99 Å². The highest BCUT2D eigenvalue weighted by Crippen LogP contribution is 2.39. The number of allylic oxidation sites excluding steroid dienone is 1. The number of hydrogen-bond acceptors (Lipinski definition) is 8. The van der Waals surface area contributed by atoms with Crippen LogP contribution in [0.2, 0.25) is 0 Å². The van der Waals surface area contributed by atoms with Crippen LogP contribution in [0.25, 0.3) is 6.08 Å². The Morgan fingerprint density at radius 2 is 1.76 bits per heavy atom. The van der Waals surface area contributed by atoms with Gasteiger partial charge >= 0.3 is 5.97 Å². The molecule has 5 rings (SSSR count). The van der Waals surface area contributed by atoms with Crippen LogP contribution < -0.4 is 29.1 Å². The van der Waals surface area contributed by atoms with Gasteiger partial charge < -0.3 is 18.9 Å². The van der Waals surface area contributed by atoms with Crippen LogP contribution in [0, 0.1) is 0 Å². The monoisotopic (exact) mass is 754 g/mol. The van der Waals surface area contributed by atoms with Crippen LogP contribution >= 0.6 is 43.2 Å². The van der Waals surface area contributed by atoms with Crippen LogP contribution in [-0.2, 0) is 16.1 Å². The lowest BCUT2D eigenvalue weighted by atomic mass is 9.93. The van der Waals surface area contributed by atoms with Crippen molar-refractivity contribution in [2.75, 3.05) is 20.8 Å². The molecule has 1 aliphatic rings. The molecule has 1 atom stereocenters. The van der Waals surface area contributed by atoms with E-state index in [0.717, 1.165) is 26.5 Å². The summed E-state index contributed by atoms with van der Waals surface area (Å²) >= 11 is 8.47. The molecule has 234 valence electrons. The maximum atomic E-state index is 14.3. The number of carbonyl (C=O) groups excluding carboxylic acids is 1. The lowest BCUT2D eigenvalue weighted by Crippen LogP contribution is -2.40. The lowest BCUT2D eigenvalue weighted by Gasteiger charge is -2.27. The van der Waals surface area contributed by atoms with E-state index in [1.54, 1.807) is 31.8 Å². The van der Waals surface area contributed by atoms with E-state index in [1.807, 2.05) is 67.6 Å². The molecule has 0 radical (unpaired) electrons. The first kappa shape index (κ1) is 32.7. The Morgan fingerprint density at radius 3 is 2.44 bits per heavy atom.